The number of nitrogens with zero attached hydrogens (tertiary/aromatic N) is 2. The lowest BCUT2D eigenvalue weighted by Crippen LogP contribution is -2.22. The Morgan fingerprint density at radius 2 is 2.10 bits per heavy atom. The maximum absolute atomic E-state index is 5.85. The summed E-state index contributed by atoms with van der Waals surface area (Å²) in [6.07, 6.45) is 0. The SMILES string of the molecule is COc1cccc(NC(N)=NCc2cccc(C)n2)c1. The molecule has 5 nitrogen and oxygen atoms in total. The standard InChI is InChI=1S/C15H18N4O/c1-11-5-3-7-13(18-11)10-17-15(16)19-12-6-4-8-14(9-12)20-2/h3-9H,10H2,1-2H3,(H3,16,17,19). The first-order valence-electron chi connectivity index (χ1n) is 6.31. The largest absolute Gasteiger partial charge is 0.497 e. The van der Waals surface area contributed by atoms with Crippen LogP contribution in [0.2, 0.25) is 0 Å². The molecule has 3 N–H and O–H groups in total. The highest BCUT2D eigenvalue weighted by Crippen LogP contribution is 2.16. The molecule has 1 aromatic heterocycles. The average Bonchev–Trinajstić information content (AvgIpc) is 2.45. The van der Waals surface area contributed by atoms with E-state index >= 15 is 0 Å². The first-order valence-corrected chi connectivity index (χ1v) is 6.31. The molecule has 104 valence electrons. The van der Waals surface area contributed by atoms with Crippen LogP contribution in [0.3, 0.4) is 0 Å². The van der Waals surface area contributed by atoms with E-state index in [1.165, 1.54) is 0 Å². The fraction of sp³-hybridized carbons (Fsp3) is 0.200. The number of pyridine rings is 1. The summed E-state index contributed by atoms with van der Waals surface area (Å²) >= 11 is 0. The number of aryl methyl sites for hydroxylation is 1. The van der Waals surface area contributed by atoms with E-state index in [0.717, 1.165) is 22.8 Å². The Balaban J connectivity index is 2.00. The van der Waals surface area contributed by atoms with Crippen LogP contribution >= 0.6 is 0 Å². The smallest absolute Gasteiger partial charge is 0.193 e. The average molecular weight is 270 g/mol. The zero-order valence-corrected chi connectivity index (χ0v) is 11.6. The molecule has 5 heteroatoms. The van der Waals surface area contributed by atoms with Crippen molar-refractivity contribution in [2.45, 2.75) is 13.5 Å². The van der Waals surface area contributed by atoms with Gasteiger partial charge in [0.1, 0.15) is 5.75 Å². The minimum absolute atomic E-state index is 0.349. The fourth-order valence-corrected chi connectivity index (χ4v) is 1.74. The van der Waals surface area contributed by atoms with Gasteiger partial charge in [0.05, 0.1) is 19.3 Å². The molecule has 2 aromatic rings. The first kappa shape index (κ1) is 13.9. The number of hydrogen-bond acceptors (Lipinski definition) is 3. The fourth-order valence-electron chi connectivity index (χ4n) is 1.74. The monoisotopic (exact) mass is 270 g/mol. The highest BCUT2D eigenvalue weighted by molar-refractivity contribution is 5.92. The van der Waals surface area contributed by atoms with Gasteiger partial charge >= 0.3 is 0 Å². The molecule has 0 saturated heterocycles. The molecule has 0 amide bonds. The third-order valence-electron chi connectivity index (χ3n) is 2.70. The Bertz CT molecular complexity index is 610. The van der Waals surface area contributed by atoms with Gasteiger partial charge in [-0.3, -0.25) is 4.98 Å². The predicted molar refractivity (Wildman–Crippen MR) is 80.9 cm³/mol. The van der Waals surface area contributed by atoms with Crippen molar-refractivity contribution in [3.8, 4) is 5.75 Å². The minimum Gasteiger partial charge on any atom is -0.497 e. The van der Waals surface area contributed by atoms with E-state index in [-0.39, 0.29) is 0 Å². The molecule has 1 heterocycles. The molecule has 0 radical (unpaired) electrons. The summed E-state index contributed by atoms with van der Waals surface area (Å²) in [4.78, 5) is 8.64. The zero-order valence-electron chi connectivity index (χ0n) is 11.6. The van der Waals surface area contributed by atoms with Crippen LogP contribution in [-0.2, 0) is 6.54 Å². The number of anilines is 1. The summed E-state index contributed by atoms with van der Waals surface area (Å²) in [5.41, 5.74) is 8.55. The number of nitrogens with two attached hydrogens (primary N) is 1. The van der Waals surface area contributed by atoms with Gasteiger partial charge in [0.25, 0.3) is 0 Å². The van der Waals surface area contributed by atoms with E-state index in [1.54, 1.807) is 7.11 Å². The van der Waals surface area contributed by atoms with Gasteiger partial charge in [-0.15, -0.1) is 0 Å². The highest BCUT2D eigenvalue weighted by Gasteiger charge is 1.98. The van der Waals surface area contributed by atoms with Crippen molar-refractivity contribution in [3.05, 3.63) is 53.9 Å². The molecule has 0 bridgehead atoms. The third-order valence-corrected chi connectivity index (χ3v) is 2.70. The van der Waals surface area contributed by atoms with Crippen LogP contribution in [0.15, 0.2) is 47.5 Å². The second-order valence-electron chi connectivity index (χ2n) is 4.33. The molecule has 2 rings (SSSR count). The number of ether oxygens (including phenoxy) is 1. The van der Waals surface area contributed by atoms with Gasteiger partial charge in [0.15, 0.2) is 5.96 Å². The van der Waals surface area contributed by atoms with E-state index in [1.807, 2.05) is 49.4 Å². The molecule has 20 heavy (non-hydrogen) atoms. The number of aromatic nitrogens is 1. The van der Waals surface area contributed by atoms with Gasteiger partial charge in [0, 0.05) is 17.4 Å². The van der Waals surface area contributed by atoms with Gasteiger partial charge in [0.2, 0.25) is 0 Å². The Kier molecular flexibility index (Phi) is 4.55. The Labute approximate surface area is 118 Å². The third kappa shape index (κ3) is 3.98. The molecule has 0 aliphatic carbocycles. The molecule has 0 saturated carbocycles. The number of benzene rings is 1. The lowest BCUT2D eigenvalue weighted by atomic mass is 10.3. The van der Waals surface area contributed by atoms with E-state index in [2.05, 4.69) is 15.3 Å². The lowest BCUT2D eigenvalue weighted by molar-refractivity contribution is 0.415. The summed E-state index contributed by atoms with van der Waals surface area (Å²) in [5.74, 6) is 1.12. The molecular formula is C15H18N4O. The zero-order chi connectivity index (χ0) is 14.4. The van der Waals surface area contributed by atoms with Gasteiger partial charge in [-0.25, -0.2) is 4.99 Å². The summed E-state index contributed by atoms with van der Waals surface area (Å²) in [6.45, 7) is 2.40. The van der Waals surface area contributed by atoms with Crippen molar-refractivity contribution in [3.63, 3.8) is 0 Å². The second-order valence-corrected chi connectivity index (χ2v) is 4.33. The Hall–Kier alpha value is -2.56. The Morgan fingerprint density at radius 1 is 1.30 bits per heavy atom. The maximum Gasteiger partial charge on any atom is 0.193 e. The summed E-state index contributed by atoms with van der Waals surface area (Å²) in [6, 6.07) is 13.3. The van der Waals surface area contributed by atoms with E-state index < -0.39 is 0 Å². The number of aliphatic imine (C=N–C) groups is 1. The van der Waals surface area contributed by atoms with Crippen LogP contribution in [0.4, 0.5) is 5.69 Å². The van der Waals surface area contributed by atoms with Crippen LogP contribution in [0.25, 0.3) is 0 Å². The molecule has 0 aliphatic rings. The highest BCUT2D eigenvalue weighted by atomic mass is 16.5. The van der Waals surface area contributed by atoms with E-state index in [9.17, 15) is 0 Å². The van der Waals surface area contributed by atoms with Crippen LogP contribution < -0.4 is 15.8 Å². The predicted octanol–water partition coefficient (Wildman–Crippen LogP) is 2.33. The summed E-state index contributed by atoms with van der Waals surface area (Å²) in [5, 5.41) is 3.02. The molecular weight excluding hydrogens is 252 g/mol. The molecule has 0 spiro atoms. The van der Waals surface area contributed by atoms with Crippen LogP contribution in [0, 0.1) is 6.92 Å². The number of methoxy groups -OCH3 is 1. The number of rotatable bonds is 4. The van der Waals surface area contributed by atoms with Crippen LogP contribution in [-0.4, -0.2) is 18.1 Å². The topological polar surface area (TPSA) is 72.5 Å². The lowest BCUT2D eigenvalue weighted by Gasteiger charge is -2.07. The van der Waals surface area contributed by atoms with Gasteiger partial charge in [-0.05, 0) is 31.2 Å². The van der Waals surface area contributed by atoms with Gasteiger partial charge in [-0.1, -0.05) is 12.1 Å². The molecule has 0 fully saturated rings. The van der Waals surface area contributed by atoms with Crippen molar-refractivity contribution in [1.29, 1.82) is 0 Å². The Morgan fingerprint density at radius 3 is 2.85 bits per heavy atom. The number of nitrogens with one attached hydrogen (secondary N) is 1. The van der Waals surface area contributed by atoms with Gasteiger partial charge < -0.3 is 15.8 Å². The number of hydrogen-bond donors (Lipinski definition) is 2. The second kappa shape index (κ2) is 6.56. The minimum atomic E-state index is 0.349. The maximum atomic E-state index is 5.85. The quantitative estimate of drug-likeness (QED) is 0.660. The van der Waals surface area contributed by atoms with Crippen LogP contribution in [0.1, 0.15) is 11.4 Å². The number of guanidine groups is 1. The van der Waals surface area contributed by atoms with Crippen LogP contribution in [0.5, 0.6) is 5.75 Å². The molecule has 0 atom stereocenters. The van der Waals surface area contributed by atoms with Crippen molar-refractivity contribution >= 4 is 11.6 Å². The van der Waals surface area contributed by atoms with E-state index in [4.69, 9.17) is 10.5 Å². The molecule has 0 aliphatic heterocycles. The molecule has 0 unspecified atom stereocenters. The van der Waals surface area contributed by atoms with Crippen molar-refractivity contribution in [2.75, 3.05) is 12.4 Å². The van der Waals surface area contributed by atoms with Crippen molar-refractivity contribution in [2.24, 2.45) is 10.7 Å². The normalized spacial score (nSPS) is 11.2. The van der Waals surface area contributed by atoms with Crippen molar-refractivity contribution < 1.29 is 4.74 Å². The summed E-state index contributed by atoms with van der Waals surface area (Å²) < 4.78 is 5.15. The van der Waals surface area contributed by atoms with Gasteiger partial charge in [-0.2, -0.15) is 0 Å². The first-order chi connectivity index (χ1) is 9.67. The molecule has 1 aromatic carbocycles. The summed E-state index contributed by atoms with van der Waals surface area (Å²) in [7, 11) is 1.62. The van der Waals surface area contributed by atoms with E-state index in [0.29, 0.717) is 12.5 Å². The van der Waals surface area contributed by atoms with Crippen molar-refractivity contribution in [1.82, 2.24) is 4.98 Å².